The molecule has 1 aromatic heterocycles. The number of nitrogens with zero attached hydrogens (tertiary/aromatic N) is 3. The number of aromatic nitrogens is 2. The smallest absolute Gasteiger partial charge is 0.340 e. The van der Waals surface area contributed by atoms with Crippen molar-refractivity contribution in [1.82, 2.24) is 9.13 Å². The molecule has 2 aromatic rings. The van der Waals surface area contributed by atoms with Gasteiger partial charge in [0.1, 0.15) is 17.3 Å². The number of hydrogen-bond donors (Lipinski definition) is 2. The van der Waals surface area contributed by atoms with Gasteiger partial charge in [-0.3, -0.25) is 9.13 Å². The van der Waals surface area contributed by atoms with E-state index in [0.717, 1.165) is 12.8 Å². The summed E-state index contributed by atoms with van der Waals surface area (Å²) in [6.45, 7) is 4.77. The maximum atomic E-state index is 14.5. The van der Waals surface area contributed by atoms with Crippen molar-refractivity contribution in [3.63, 3.8) is 0 Å². The number of aliphatic imine (C=N–C) groups is 1. The molecule has 1 saturated heterocycles. The van der Waals surface area contributed by atoms with Crippen LogP contribution in [-0.2, 0) is 16.5 Å². The number of ether oxygens (including phenoxy) is 2. The van der Waals surface area contributed by atoms with Crippen LogP contribution in [-0.4, -0.2) is 47.4 Å². The highest BCUT2D eigenvalue weighted by molar-refractivity contribution is 5.91. The molecule has 0 spiro atoms. The summed E-state index contributed by atoms with van der Waals surface area (Å²) in [6.07, 6.45) is 3.14. The van der Waals surface area contributed by atoms with Crippen LogP contribution < -0.4 is 16.3 Å². The van der Waals surface area contributed by atoms with E-state index in [2.05, 4.69) is 20.4 Å². The summed E-state index contributed by atoms with van der Waals surface area (Å²) in [7, 11) is 2.92. The van der Waals surface area contributed by atoms with Crippen LogP contribution in [0.1, 0.15) is 47.4 Å². The fourth-order valence-electron chi connectivity index (χ4n) is 4.06. The van der Waals surface area contributed by atoms with E-state index in [1.165, 1.54) is 19.2 Å². The predicted molar refractivity (Wildman–Crippen MR) is 114 cm³/mol. The maximum absolute atomic E-state index is 14.5. The molecule has 0 amide bonds. The highest BCUT2D eigenvalue weighted by atomic mass is 19.1. The van der Waals surface area contributed by atoms with Gasteiger partial charge in [-0.1, -0.05) is 0 Å². The van der Waals surface area contributed by atoms with Crippen LogP contribution in [0.3, 0.4) is 0 Å². The monoisotopic (exact) mass is 431 g/mol. The van der Waals surface area contributed by atoms with Crippen molar-refractivity contribution in [2.45, 2.75) is 38.5 Å². The Morgan fingerprint density at radius 3 is 2.77 bits per heavy atom. The van der Waals surface area contributed by atoms with Crippen molar-refractivity contribution in [3.8, 4) is 0 Å². The van der Waals surface area contributed by atoms with Crippen molar-refractivity contribution in [3.05, 3.63) is 45.3 Å². The van der Waals surface area contributed by atoms with Crippen LogP contribution in [0.4, 0.5) is 15.9 Å². The molecule has 1 atom stereocenters. The number of carbonyl (C=O) groups excluding carboxylic acids is 1. The summed E-state index contributed by atoms with van der Waals surface area (Å²) < 4.78 is 27.9. The number of carbonyl (C=O) groups is 1. The second kappa shape index (κ2) is 7.84. The van der Waals surface area contributed by atoms with E-state index >= 15 is 0 Å². The van der Waals surface area contributed by atoms with Gasteiger partial charge in [0.15, 0.2) is 0 Å². The number of anilines is 2. The van der Waals surface area contributed by atoms with E-state index in [-0.39, 0.29) is 17.3 Å². The lowest BCUT2D eigenvalue weighted by molar-refractivity contribution is 0.0595. The molecule has 2 aliphatic heterocycles. The lowest BCUT2D eigenvalue weighted by Crippen LogP contribution is -2.45. The molecule has 9 nitrogen and oxygen atoms in total. The van der Waals surface area contributed by atoms with Crippen molar-refractivity contribution in [1.29, 1.82) is 0 Å². The Kier molecular flexibility index (Phi) is 5.34. The van der Waals surface area contributed by atoms with Crippen LogP contribution >= 0.6 is 0 Å². The van der Waals surface area contributed by atoms with Gasteiger partial charge in [0.2, 0.25) is 5.79 Å². The third-order valence-corrected chi connectivity index (χ3v) is 5.80. The molecule has 0 saturated carbocycles. The van der Waals surface area contributed by atoms with Crippen LogP contribution in [0.25, 0.3) is 0 Å². The van der Waals surface area contributed by atoms with Crippen molar-refractivity contribution < 1.29 is 18.7 Å². The van der Waals surface area contributed by atoms with Crippen molar-refractivity contribution in [2.75, 3.05) is 31.0 Å². The summed E-state index contributed by atoms with van der Waals surface area (Å²) >= 11 is 0. The lowest BCUT2D eigenvalue weighted by Gasteiger charge is -2.34. The predicted octanol–water partition coefficient (Wildman–Crippen LogP) is 2.40. The average Bonchev–Trinajstić information content (AvgIpc) is 2.99. The van der Waals surface area contributed by atoms with Gasteiger partial charge in [0, 0.05) is 32.0 Å². The van der Waals surface area contributed by atoms with Gasteiger partial charge in [-0.15, -0.1) is 0 Å². The molecular weight excluding hydrogens is 405 g/mol. The number of imidazole rings is 1. The average molecular weight is 431 g/mol. The molecule has 31 heavy (non-hydrogen) atoms. The van der Waals surface area contributed by atoms with Crippen molar-refractivity contribution >= 4 is 23.7 Å². The largest absolute Gasteiger partial charge is 0.465 e. The Bertz CT molecular complexity index is 1120. The van der Waals surface area contributed by atoms with Crippen LogP contribution in [0.5, 0.6) is 0 Å². The van der Waals surface area contributed by atoms with Gasteiger partial charge in [-0.05, 0) is 44.4 Å². The molecule has 0 bridgehead atoms. The van der Waals surface area contributed by atoms with Gasteiger partial charge < -0.3 is 20.1 Å². The normalized spacial score (nSPS) is 20.8. The Labute approximate surface area is 178 Å². The molecule has 2 N–H and O–H groups in total. The Morgan fingerprint density at radius 1 is 1.39 bits per heavy atom. The second-order valence-electron chi connectivity index (χ2n) is 8.01. The first-order valence-electron chi connectivity index (χ1n) is 10.1. The number of nitrogens with one attached hydrogen (secondary N) is 2. The topological polar surface area (TPSA) is 98.9 Å². The quantitative estimate of drug-likeness (QED) is 0.722. The Hall–Kier alpha value is -3.14. The van der Waals surface area contributed by atoms with Gasteiger partial charge in [-0.2, -0.15) is 0 Å². The fraction of sp³-hybridized carbons (Fsp3) is 0.476. The van der Waals surface area contributed by atoms with Crippen LogP contribution in [0, 0.1) is 12.7 Å². The number of hydrogen-bond acceptors (Lipinski definition) is 7. The minimum absolute atomic E-state index is 0.0259. The molecule has 1 unspecified atom stereocenters. The Morgan fingerprint density at radius 2 is 2.10 bits per heavy atom. The third-order valence-electron chi connectivity index (χ3n) is 5.80. The fourth-order valence-corrected chi connectivity index (χ4v) is 4.06. The van der Waals surface area contributed by atoms with Gasteiger partial charge in [-0.25, -0.2) is 19.0 Å². The minimum Gasteiger partial charge on any atom is -0.465 e. The molecule has 4 rings (SSSR count). The molecule has 1 fully saturated rings. The number of benzene rings is 1. The zero-order valence-corrected chi connectivity index (χ0v) is 18.0. The summed E-state index contributed by atoms with van der Waals surface area (Å²) in [5.74, 6) is -1.80. The second-order valence-corrected chi connectivity index (χ2v) is 8.01. The van der Waals surface area contributed by atoms with E-state index in [4.69, 9.17) is 4.74 Å². The number of halogens is 1. The molecule has 1 aromatic carbocycles. The Balaban J connectivity index is 1.67. The zero-order chi connectivity index (χ0) is 22.3. The number of methoxy groups -OCH3 is 1. The summed E-state index contributed by atoms with van der Waals surface area (Å²) in [5.41, 5.74) is 1.55. The van der Waals surface area contributed by atoms with E-state index in [9.17, 15) is 14.0 Å². The van der Waals surface area contributed by atoms with Crippen LogP contribution in [0.2, 0.25) is 0 Å². The summed E-state index contributed by atoms with van der Waals surface area (Å²) in [6, 6.07) is 2.71. The zero-order valence-electron chi connectivity index (χ0n) is 18.0. The maximum Gasteiger partial charge on any atom is 0.340 e. The first-order valence-corrected chi connectivity index (χ1v) is 10.1. The first-order chi connectivity index (χ1) is 14.7. The van der Waals surface area contributed by atoms with E-state index < -0.39 is 17.6 Å². The molecule has 166 valence electrons. The first kappa shape index (κ1) is 21.1. The summed E-state index contributed by atoms with van der Waals surface area (Å²) in [4.78, 5) is 29.2. The highest BCUT2D eigenvalue weighted by Crippen LogP contribution is 2.32. The molecule has 2 aliphatic rings. The number of rotatable bonds is 4. The van der Waals surface area contributed by atoms with Gasteiger partial charge in [0.25, 0.3) is 0 Å². The molecule has 3 heterocycles. The van der Waals surface area contributed by atoms with E-state index in [0.29, 0.717) is 36.0 Å². The number of aryl methyl sites for hydroxylation is 1. The number of fused-ring (bicyclic) bond motifs is 1. The minimum atomic E-state index is -1.03. The highest BCUT2D eigenvalue weighted by Gasteiger charge is 2.34. The molecular formula is C21H26FN5O4. The van der Waals surface area contributed by atoms with E-state index in [1.54, 1.807) is 36.2 Å². The number of esters is 1. The standard InChI is InChI=1S/C21H26FN5O4/c1-12-9-14(19(28)30-4)15(22)10-16(12)24-21(2)23-11-17-18(25-21)27(20(29)26(17)3)13-5-7-31-8-6-13/h9-11,13,24-25H,5-8H2,1-4H3. The molecule has 0 radical (unpaired) electrons. The van der Waals surface area contributed by atoms with Crippen molar-refractivity contribution in [2.24, 2.45) is 12.0 Å². The van der Waals surface area contributed by atoms with E-state index in [1.807, 2.05) is 0 Å². The molecule has 10 heteroatoms. The summed E-state index contributed by atoms with van der Waals surface area (Å²) in [5, 5.41) is 6.52. The molecule has 0 aliphatic carbocycles. The third kappa shape index (κ3) is 3.71. The lowest BCUT2D eigenvalue weighted by atomic mass is 10.1. The van der Waals surface area contributed by atoms with Crippen LogP contribution in [0.15, 0.2) is 21.9 Å². The van der Waals surface area contributed by atoms with Gasteiger partial charge >= 0.3 is 11.7 Å². The SMILES string of the molecule is COC(=O)c1cc(C)c(NC2(C)N=Cc3c(n(C4CCOCC4)c(=O)n3C)N2)cc1F. The van der Waals surface area contributed by atoms with Gasteiger partial charge in [0.05, 0.1) is 18.9 Å².